The number of amides is 1. The van der Waals surface area contributed by atoms with Gasteiger partial charge in [0.25, 0.3) is 15.9 Å². The van der Waals surface area contributed by atoms with Crippen LogP contribution in [0.15, 0.2) is 119 Å². The van der Waals surface area contributed by atoms with Gasteiger partial charge in [0.15, 0.2) is 0 Å². The van der Waals surface area contributed by atoms with Gasteiger partial charge in [-0.1, -0.05) is 60.7 Å². The number of benzene rings is 4. The van der Waals surface area contributed by atoms with Crippen LogP contribution < -0.4 is 4.31 Å². The molecule has 0 aromatic heterocycles. The summed E-state index contributed by atoms with van der Waals surface area (Å²) in [6, 6.07) is 33.5. The normalized spacial score (nSPS) is 11.2. The van der Waals surface area contributed by atoms with Gasteiger partial charge in [0.1, 0.15) is 0 Å². The van der Waals surface area contributed by atoms with E-state index in [1.54, 1.807) is 72.1 Å². The number of hydrogen-bond acceptors (Lipinski definition) is 4. The molecule has 0 bridgehead atoms. The van der Waals surface area contributed by atoms with Gasteiger partial charge in [-0.3, -0.25) is 9.10 Å². The standard InChI is InChI=1S/C30H30N2O3S2/c1-3-32(37(34,35)29-20-18-28(36-2)19-21-29)27-16-14-26(15-17-27)30(33)31(22-24-10-6-4-7-11-24)23-25-12-8-5-9-13-25/h4-21H,3,22-23H2,1-2H3. The second kappa shape index (κ2) is 12.1. The van der Waals surface area contributed by atoms with Gasteiger partial charge in [-0.05, 0) is 72.8 Å². The molecule has 0 spiro atoms. The zero-order valence-electron chi connectivity index (χ0n) is 20.9. The lowest BCUT2D eigenvalue weighted by Crippen LogP contribution is -2.31. The van der Waals surface area contributed by atoms with Crippen LogP contribution in [0.4, 0.5) is 5.69 Å². The van der Waals surface area contributed by atoms with Crippen molar-refractivity contribution in [3.05, 3.63) is 126 Å². The molecule has 0 unspecified atom stereocenters. The summed E-state index contributed by atoms with van der Waals surface area (Å²) in [5, 5.41) is 0. The van der Waals surface area contributed by atoms with Crippen molar-refractivity contribution >= 4 is 33.4 Å². The van der Waals surface area contributed by atoms with Crippen LogP contribution in [0.3, 0.4) is 0 Å². The van der Waals surface area contributed by atoms with Gasteiger partial charge >= 0.3 is 0 Å². The zero-order chi connectivity index (χ0) is 26.3. The smallest absolute Gasteiger partial charge is 0.264 e. The van der Waals surface area contributed by atoms with Crippen LogP contribution in [0.1, 0.15) is 28.4 Å². The Hall–Kier alpha value is -3.55. The molecule has 0 aliphatic rings. The van der Waals surface area contributed by atoms with E-state index in [2.05, 4.69) is 0 Å². The summed E-state index contributed by atoms with van der Waals surface area (Å²) in [6.07, 6.45) is 1.95. The molecule has 0 N–H and O–H groups in total. The number of thioether (sulfide) groups is 1. The maximum atomic E-state index is 13.6. The van der Waals surface area contributed by atoms with Crippen molar-refractivity contribution in [2.45, 2.75) is 29.8 Å². The second-order valence-corrected chi connectivity index (χ2v) is 11.3. The van der Waals surface area contributed by atoms with E-state index < -0.39 is 10.0 Å². The van der Waals surface area contributed by atoms with Crippen LogP contribution in [0.2, 0.25) is 0 Å². The number of anilines is 1. The first-order valence-electron chi connectivity index (χ1n) is 12.1. The van der Waals surface area contributed by atoms with Crippen molar-refractivity contribution < 1.29 is 13.2 Å². The van der Waals surface area contributed by atoms with Crippen molar-refractivity contribution in [2.24, 2.45) is 0 Å². The highest BCUT2D eigenvalue weighted by Crippen LogP contribution is 2.26. The molecule has 0 saturated heterocycles. The van der Waals surface area contributed by atoms with Crippen LogP contribution >= 0.6 is 11.8 Å². The third-order valence-corrected chi connectivity index (χ3v) is 8.72. The van der Waals surface area contributed by atoms with Crippen LogP contribution in [-0.4, -0.2) is 32.0 Å². The van der Waals surface area contributed by atoms with Crippen molar-refractivity contribution in [1.29, 1.82) is 0 Å². The molecule has 0 radical (unpaired) electrons. The van der Waals surface area contributed by atoms with Gasteiger partial charge in [0.05, 0.1) is 10.6 Å². The number of rotatable bonds is 10. The van der Waals surface area contributed by atoms with Crippen molar-refractivity contribution in [1.82, 2.24) is 4.90 Å². The maximum Gasteiger partial charge on any atom is 0.264 e. The molecule has 0 atom stereocenters. The Balaban J connectivity index is 1.58. The van der Waals surface area contributed by atoms with Crippen molar-refractivity contribution in [2.75, 3.05) is 17.1 Å². The van der Waals surface area contributed by atoms with Crippen molar-refractivity contribution in [3.8, 4) is 0 Å². The molecule has 7 heteroatoms. The first-order valence-corrected chi connectivity index (χ1v) is 14.7. The van der Waals surface area contributed by atoms with E-state index in [9.17, 15) is 13.2 Å². The first kappa shape index (κ1) is 26.5. The average molecular weight is 531 g/mol. The summed E-state index contributed by atoms with van der Waals surface area (Å²) in [7, 11) is -3.73. The molecule has 37 heavy (non-hydrogen) atoms. The summed E-state index contributed by atoms with van der Waals surface area (Å²) in [6.45, 7) is 3.01. The summed E-state index contributed by atoms with van der Waals surface area (Å²) < 4.78 is 28.0. The minimum absolute atomic E-state index is 0.113. The molecule has 4 aromatic rings. The minimum atomic E-state index is -3.73. The Morgan fingerprint density at radius 1 is 0.730 bits per heavy atom. The highest BCUT2D eigenvalue weighted by atomic mass is 32.2. The fourth-order valence-corrected chi connectivity index (χ4v) is 6.01. The van der Waals surface area contributed by atoms with Crippen molar-refractivity contribution in [3.63, 3.8) is 0 Å². The quantitative estimate of drug-likeness (QED) is 0.221. The lowest BCUT2D eigenvalue weighted by molar-refractivity contribution is 0.0730. The molecular weight excluding hydrogens is 500 g/mol. The molecule has 190 valence electrons. The number of carbonyl (C=O) groups excluding carboxylic acids is 1. The molecule has 0 aliphatic carbocycles. The van der Waals surface area contributed by atoms with E-state index in [0.717, 1.165) is 16.0 Å². The molecule has 0 saturated carbocycles. The molecule has 4 rings (SSSR count). The fraction of sp³-hybridized carbons (Fsp3) is 0.167. The minimum Gasteiger partial charge on any atom is -0.330 e. The highest BCUT2D eigenvalue weighted by Gasteiger charge is 2.24. The number of carbonyl (C=O) groups is 1. The van der Waals surface area contributed by atoms with E-state index in [-0.39, 0.29) is 17.3 Å². The van der Waals surface area contributed by atoms with Crippen LogP contribution in [-0.2, 0) is 23.1 Å². The largest absolute Gasteiger partial charge is 0.330 e. The molecule has 0 fully saturated rings. The summed E-state index contributed by atoms with van der Waals surface area (Å²) in [5.74, 6) is -0.113. The van der Waals surface area contributed by atoms with Crippen LogP contribution in [0, 0.1) is 0 Å². The summed E-state index contributed by atoms with van der Waals surface area (Å²) >= 11 is 1.56. The van der Waals surface area contributed by atoms with E-state index >= 15 is 0 Å². The molecule has 0 aliphatic heterocycles. The topological polar surface area (TPSA) is 57.7 Å². The first-order chi connectivity index (χ1) is 17.9. The van der Waals surface area contributed by atoms with E-state index in [1.807, 2.05) is 66.9 Å². The lowest BCUT2D eigenvalue weighted by Gasteiger charge is -2.25. The van der Waals surface area contributed by atoms with E-state index in [1.165, 1.54) is 4.31 Å². The molecule has 1 amide bonds. The SMILES string of the molecule is CCN(c1ccc(C(=O)N(Cc2ccccc2)Cc2ccccc2)cc1)S(=O)(=O)c1ccc(SC)cc1. The van der Waals surface area contributed by atoms with Gasteiger partial charge in [-0.15, -0.1) is 11.8 Å². The Labute approximate surface area is 223 Å². The third-order valence-electron chi connectivity index (χ3n) is 6.06. The molecule has 4 aromatic carbocycles. The van der Waals surface area contributed by atoms with Gasteiger partial charge in [-0.25, -0.2) is 8.42 Å². The predicted molar refractivity (Wildman–Crippen MR) is 151 cm³/mol. The highest BCUT2D eigenvalue weighted by molar-refractivity contribution is 7.98. The molecule has 5 nitrogen and oxygen atoms in total. The van der Waals surface area contributed by atoms with Gasteiger partial charge < -0.3 is 4.90 Å². The lowest BCUT2D eigenvalue weighted by atomic mass is 10.1. The Morgan fingerprint density at radius 2 is 1.24 bits per heavy atom. The van der Waals surface area contributed by atoms with Gasteiger partial charge in [-0.2, -0.15) is 0 Å². The third kappa shape index (κ3) is 6.42. The Kier molecular flexibility index (Phi) is 8.69. The number of sulfonamides is 1. The van der Waals surface area contributed by atoms with E-state index in [0.29, 0.717) is 24.3 Å². The maximum absolute atomic E-state index is 13.6. The summed E-state index contributed by atoms with van der Waals surface area (Å²) in [4.78, 5) is 16.6. The Bertz CT molecular complexity index is 1370. The van der Waals surface area contributed by atoms with Crippen LogP contribution in [0.5, 0.6) is 0 Å². The van der Waals surface area contributed by atoms with E-state index in [4.69, 9.17) is 0 Å². The number of hydrogen-bond donors (Lipinski definition) is 0. The second-order valence-electron chi connectivity index (χ2n) is 8.52. The summed E-state index contributed by atoms with van der Waals surface area (Å²) in [5.41, 5.74) is 3.11. The number of nitrogens with zero attached hydrogens (tertiary/aromatic N) is 2. The zero-order valence-corrected chi connectivity index (χ0v) is 22.6. The van der Waals surface area contributed by atoms with Crippen LogP contribution in [0.25, 0.3) is 0 Å². The molecule has 0 heterocycles. The average Bonchev–Trinajstić information content (AvgIpc) is 2.94. The monoisotopic (exact) mass is 530 g/mol. The van der Waals surface area contributed by atoms with Gasteiger partial charge in [0, 0.05) is 30.1 Å². The van der Waals surface area contributed by atoms with Gasteiger partial charge in [0.2, 0.25) is 0 Å². The molecular formula is C30H30N2O3S2. The Morgan fingerprint density at radius 3 is 1.70 bits per heavy atom. The fourth-order valence-electron chi connectivity index (χ4n) is 4.13. The predicted octanol–water partition coefficient (Wildman–Crippen LogP) is 6.47.